The standard InChI is InChI=1S/C19H25N3/c20-19(18-9-5-2-6-10-18)16-22-13-11-21(12-14-22)15-17-7-3-1-4-8-17/h1-10,19H,11-16,20H2/t19-/m0/s1. The first-order valence-electron chi connectivity index (χ1n) is 8.10. The van der Waals surface area contributed by atoms with Crippen molar-refractivity contribution >= 4 is 0 Å². The molecule has 3 nitrogen and oxygen atoms in total. The number of nitrogens with zero attached hydrogens (tertiary/aromatic N) is 2. The van der Waals surface area contributed by atoms with Gasteiger partial charge in [-0.05, 0) is 11.1 Å². The molecule has 0 radical (unpaired) electrons. The number of benzene rings is 2. The van der Waals surface area contributed by atoms with E-state index in [0.29, 0.717) is 0 Å². The summed E-state index contributed by atoms with van der Waals surface area (Å²) in [5, 5.41) is 0. The van der Waals surface area contributed by atoms with E-state index in [1.165, 1.54) is 11.1 Å². The van der Waals surface area contributed by atoms with Crippen molar-refractivity contribution in [3.63, 3.8) is 0 Å². The van der Waals surface area contributed by atoms with Crippen LogP contribution in [-0.2, 0) is 6.54 Å². The molecule has 0 aromatic heterocycles. The van der Waals surface area contributed by atoms with Crippen LogP contribution >= 0.6 is 0 Å². The molecule has 22 heavy (non-hydrogen) atoms. The second-order valence-electron chi connectivity index (χ2n) is 6.08. The van der Waals surface area contributed by atoms with Gasteiger partial charge in [0.05, 0.1) is 0 Å². The Balaban J connectivity index is 1.46. The van der Waals surface area contributed by atoms with E-state index in [1.807, 2.05) is 6.07 Å². The summed E-state index contributed by atoms with van der Waals surface area (Å²) in [5.41, 5.74) is 8.96. The first-order chi connectivity index (χ1) is 10.8. The van der Waals surface area contributed by atoms with Crippen molar-refractivity contribution in [1.82, 2.24) is 9.80 Å². The van der Waals surface area contributed by atoms with Crippen LogP contribution < -0.4 is 5.73 Å². The monoisotopic (exact) mass is 295 g/mol. The van der Waals surface area contributed by atoms with Crippen LogP contribution in [0.15, 0.2) is 60.7 Å². The van der Waals surface area contributed by atoms with E-state index in [2.05, 4.69) is 64.4 Å². The van der Waals surface area contributed by atoms with Crippen LogP contribution in [0.4, 0.5) is 0 Å². The molecule has 0 aliphatic carbocycles. The lowest BCUT2D eigenvalue weighted by Crippen LogP contribution is -2.47. The highest BCUT2D eigenvalue weighted by molar-refractivity contribution is 5.19. The lowest BCUT2D eigenvalue weighted by atomic mass is 10.1. The highest BCUT2D eigenvalue weighted by atomic mass is 15.3. The molecule has 0 unspecified atom stereocenters. The summed E-state index contributed by atoms with van der Waals surface area (Å²) < 4.78 is 0. The zero-order valence-corrected chi connectivity index (χ0v) is 13.1. The van der Waals surface area contributed by atoms with Gasteiger partial charge in [0.1, 0.15) is 0 Å². The lowest BCUT2D eigenvalue weighted by Gasteiger charge is -2.36. The first-order valence-corrected chi connectivity index (χ1v) is 8.10. The molecule has 2 N–H and O–H groups in total. The molecule has 0 spiro atoms. The molecule has 116 valence electrons. The average molecular weight is 295 g/mol. The van der Waals surface area contributed by atoms with Crippen LogP contribution in [0.5, 0.6) is 0 Å². The Kier molecular flexibility index (Phi) is 5.22. The van der Waals surface area contributed by atoms with E-state index in [-0.39, 0.29) is 6.04 Å². The predicted molar refractivity (Wildman–Crippen MR) is 91.5 cm³/mol. The van der Waals surface area contributed by atoms with Crippen LogP contribution in [0, 0.1) is 0 Å². The second-order valence-corrected chi connectivity index (χ2v) is 6.08. The van der Waals surface area contributed by atoms with E-state index in [4.69, 9.17) is 5.73 Å². The van der Waals surface area contributed by atoms with E-state index in [0.717, 1.165) is 39.3 Å². The Morgan fingerprint density at radius 3 is 1.95 bits per heavy atom. The Morgan fingerprint density at radius 2 is 1.32 bits per heavy atom. The maximum atomic E-state index is 6.33. The topological polar surface area (TPSA) is 32.5 Å². The molecule has 1 heterocycles. The maximum Gasteiger partial charge on any atom is 0.0424 e. The fourth-order valence-electron chi connectivity index (χ4n) is 3.06. The number of nitrogens with two attached hydrogens (primary N) is 1. The number of rotatable bonds is 5. The Morgan fingerprint density at radius 1 is 0.773 bits per heavy atom. The van der Waals surface area contributed by atoms with Gasteiger partial charge in [0, 0.05) is 45.3 Å². The van der Waals surface area contributed by atoms with Crippen LogP contribution in [0.1, 0.15) is 17.2 Å². The van der Waals surface area contributed by atoms with Gasteiger partial charge < -0.3 is 5.73 Å². The number of piperazine rings is 1. The summed E-state index contributed by atoms with van der Waals surface area (Å²) in [5.74, 6) is 0. The van der Waals surface area contributed by atoms with Crippen LogP contribution in [0.25, 0.3) is 0 Å². The van der Waals surface area contributed by atoms with Gasteiger partial charge >= 0.3 is 0 Å². The van der Waals surface area contributed by atoms with Crippen molar-refractivity contribution in [3.05, 3.63) is 71.8 Å². The maximum absolute atomic E-state index is 6.33. The quantitative estimate of drug-likeness (QED) is 0.920. The SMILES string of the molecule is N[C@@H](CN1CCN(Cc2ccccc2)CC1)c1ccccc1. The second kappa shape index (κ2) is 7.54. The third kappa shape index (κ3) is 4.17. The minimum absolute atomic E-state index is 0.113. The smallest absolute Gasteiger partial charge is 0.0424 e. The molecule has 2 aromatic carbocycles. The van der Waals surface area contributed by atoms with Gasteiger partial charge in [0.25, 0.3) is 0 Å². The van der Waals surface area contributed by atoms with Gasteiger partial charge in [0.2, 0.25) is 0 Å². The molecule has 0 amide bonds. The normalized spacial score (nSPS) is 18.2. The van der Waals surface area contributed by atoms with Crippen LogP contribution in [-0.4, -0.2) is 42.5 Å². The van der Waals surface area contributed by atoms with E-state index in [1.54, 1.807) is 0 Å². The van der Waals surface area contributed by atoms with Crippen molar-refractivity contribution in [2.75, 3.05) is 32.7 Å². The Labute approximate surface area is 133 Å². The van der Waals surface area contributed by atoms with Gasteiger partial charge in [-0.15, -0.1) is 0 Å². The summed E-state index contributed by atoms with van der Waals surface area (Å²) >= 11 is 0. The number of hydrogen-bond donors (Lipinski definition) is 1. The van der Waals surface area contributed by atoms with Gasteiger partial charge in [-0.3, -0.25) is 9.80 Å². The molecule has 3 heteroatoms. The highest BCUT2D eigenvalue weighted by Gasteiger charge is 2.19. The lowest BCUT2D eigenvalue weighted by molar-refractivity contribution is 0.122. The molecule has 3 rings (SSSR count). The summed E-state index contributed by atoms with van der Waals surface area (Å²) in [6, 6.07) is 21.2. The fourth-order valence-corrected chi connectivity index (χ4v) is 3.06. The molecule has 1 saturated heterocycles. The Hall–Kier alpha value is -1.68. The molecule has 1 aliphatic rings. The molecule has 1 atom stereocenters. The summed E-state index contributed by atoms with van der Waals surface area (Å²) in [7, 11) is 0. The summed E-state index contributed by atoms with van der Waals surface area (Å²) in [4.78, 5) is 5.01. The zero-order chi connectivity index (χ0) is 15.2. The summed E-state index contributed by atoms with van der Waals surface area (Å²) in [6.07, 6.45) is 0. The minimum Gasteiger partial charge on any atom is -0.323 e. The van der Waals surface area contributed by atoms with Crippen molar-refractivity contribution in [2.45, 2.75) is 12.6 Å². The molecule has 1 fully saturated rings. The molecular formula is C19H25N3. The van der Waals surface area contributed by atoms with E-state index >= 15 is 0 Å². The van der Waals surface area contributed by atoms with Crippen molar-refractivity contribution in [3.8, 4) is 0 Å². The van der Waals surface area contributed by atoms with E-state index < -0.39 is 0 Å². The van der Waals surface area contributed by atoms with Crippen molar-refractivity contribution in [2.24, 2.45) is 5.73 Å². The molecule has 0 saturated carbocycles. The van der Waals surface area contributed by atoms with Crippen LogP contribution in [0.3, 0.4) is 0 Å². The largest absolute Gasteiger partial charge is 0.323 e. The fraction of sp³-hybridized carbons (Fsp3) is 0.368. The first kappa shape index (κ1) is 15.2. The Bertz CT molecular complexity index is 547. The third-order valence-electron chi connectivity index (χ3n) is 4.40. The molecular weight excluding hydrogens is 270 g/mol. The zero-order valence-electron chi connectivity index (χ0n) is 13.1. The van der Waals surface area contributed by atoms with Gasteiger partial charge in [-0.2, -0.15) is 0 Å². The van der Waals surface area contributed by atoms with Crippen LogP contribution in [0.2, 0.25) is 0 Å². The van der Waals surface area contributed by atoms with Crippen molar-refractivity contribution < 1.29 is 0 Å². The minimum atomic E-state index is 0.113. The highest BCUT2D eigenvalue weighted by Crippen LogP contribution is 2.14. The molecule has 1 aliphatic heterocycles. The molecule has 2 aromatic rings. The average Bonchev–Trinajstić information content (AvgIpc) is 2.58. The third-order valence-corrected chi connectivity index (χ3v) is 4.40. The molecule has 0 bridgehead atoms. The summed E-state index contributed by atoms with van der Waals surface area (Å²) in [6.45, 7) is 6.45. The number of hydrogen-bond acceptors (Lipinski definition) is 3. The van der Waals surface area contributed by atoms with Gasteiger partial charge in [0.15, 0.2) is 0 Å². The van der Waals surface area contributed by atoms with E-state index in [9.17, 15) is 0 Å². The predicted octanol–water partition coefficient (Wildman–Crippen LogP) is 2.50. The van der Waals surface area contributed by atoms with Gasteiger partial charge in [-0.1, -0.05) is 60.7 Å². The van der Waals surface area contributed by atoms with Crippen molar-refractivity contribution in [1.29, 1.82) is 0 Å². The van der Waals surface area contributed by atoms with Gasteiger partial charge in [-0.25, -0.2) is 0 Å².